The monoisotopic (exact) mass is 384 g/mol. The van der Waals surface area contributed by atoms with E-state index in [9.17, 15) is 9.59 Å². The van der Waals surface area contributed by atoms with Crippen LogP contribution >= 0.6 is 23.4 Å². The molecule has 0 aromatic heterocycles. The molecule has 0 amide bonds. The van der Waals surface area contributed by atoms with Crippen molar-refractivity contribution in [3.63, 3.8) is 0 Å². The van der Waals surface area contributed by atoms with E-state index >= 15 is 0 Å². The molecule has 0 aliphatic carbocycles. The third-order valence-corrected chi connectivity index (χ3v) is 5.16. The fourth-order valence-corrected chi connectivity index (χ4v) is 3.48. The van der Waals surface area contributed by atoms with Gasteiger partial charge in [0.15, 0.2) is 5.78 Å². The van der Waals surface area contributed by atoms with Gasteiger partial charge in [0.25, 0.3) is 0 Å². The molecule has 0 unspecified atom stereocenters. The molecule has 2 aromatic rings. The van der Waals surface area contributed by atoms with E-state index < -0.39 is 0 Å². The maximum absolute atomic E-state index is 12.6. The van der Waals surface area contributed by atoms with Gasteiger partial charge in [-0.3, -0.25) is 9.59 Å². The number of nitrogens with zero attached hydrogens (tertiary/aromatic N) is 2. The summed E-state index contributed by atoms with van der Waals surface area (Å²) in [5.74, 6) is 0.541. The second kappa shape index (κ2) is 8.43. The lowest BCUT2D eigenvalue weighted by atomic mass is 9.99. The van der Waals surface area contributed by atoms with Crippen LogP contribution in [0.4, 0.5) is 0 Å². The normalized spacial score (nSPS) is 13.3. The number of hydrogen-bond donors (Lipinski definition) is 0. The molecule has 0 saturated carbocycles. The fraction of sp³-hybridized carbons (Fsp3) is 0.200. The van der Waals surface area contributed by atoms with Crippen molar-refractivity contribution in [3.8, 4) is 0 Å². The molecule has 4 nitrogen and oxygen atoms in total. The number of benzene rings is 2. The smallest absolute Gasteiger partial charge is 0.167 e. The summed E-state index contributed by atoms with van der Waals surface area (Å²) in [6.07, 6.45) is 0.886. The Bertz CT molecular complexity index is 922. The van der Waals surface area contributed by atoms with E-state index in [1.165, 1.54) is 11.8 Å². The average Bonchev–Trinajstić information content (AvgIpc) is 3.09. The minimum atomic E-state index is 0.0276. The van der Waals surface area contributed by atoms with Gasteiger partial charge in [0.05, 0.1) is 11.5 Å². The van der Waals surface area contributed by atoms with Crippen LogP contribution < -0.4 is 0 Å². The summed E-state index contributed by atoms with van der Waals surface area (Å²) in [6.45, 7) is 1.55. The number of carbonyl (C=O) groups excluding carboxylic acids is 2. The molecule has 0 radical (unpaired) electrons. The SMILES string of the molecule is CC(=O)CSC1=NN=C(c2cccc(C(=O)Cc3cccc(Cl)c3)c2)C1. The number of thioether (sulfide) groups is 1. The van der Waals surface area contributed by atoms with E-state index in [-0.39, 0.29) is 11.6 Å². The average molecular weight is 385 g/mol. The molecule has 0 spiro atoms. The van der Waals surface area contributed by atoms with Crippen molar-refractivity contribution in [1.29, 1.82) is 0 Å². The topological polar surface area (TPSA) is 58.9 Å². The number of carbonyl (C=O) groups is 2. The zero-order chi connectivity index (χ0) is 18.5. The highest BCUT2D eigenvalue weighted by molar-refractivity contribution is 8.14. The van der Waals surface area contributed by atoms with Gasteiger partial charge in [-0.2, -0.15) is 5.10 Å². The largest absolute Gasteiger partial charge is 0.299 e. The molecule has 0 saturated heterocycles. The van der Waals surface area contributed by atoms with Crippen LogP contribution in [0.2, 0.25) is 5.02 Å². The molecule has 26 heavy (non-hydrogen) atoms. The summed E-state index contributed by atoms with van der Waals surface area (Å²) < 4.78 is 0. The molecule has 132 valence electrons. The molecule has 0 fully saturated rings. The molecule has 3 rings (SSSR count). The highest BCUT2D eigenvalue weighted by atomic mass is 35.5. The molecule has 6 heteroatoms. The van der Waals surface area contributed by atoms with Crippen molar-refractivity contribution in [3.05, 3.63) is 70.2 Å². The van der Waals surface area contributed by atoms with E-state index in [0.29, 0.717) is 29.2 Å². The van der Waals surface area contributed by atoms with Gasteiger partial charge in [0, 0.05) is 23.4 Å². The first kappa shape index (κ1) is 18.5. The Kier molecular flexibility index (Phi) is 6.01. The second-order valence-corrected chi connectivity index (χ2v) is 7.50. The molecule has 2 aromatic carbocycles. The summed E-state index contributed by atoms with van der Waals surface area (Å²) in [5.41, 5.74) is 3.21. The third-order valence-electron chi connectivity index (χ3n) is 3.81. The Morgan fingerprint density at radius 1 is 1.12 bits per heavy atom. The van der Waals surface area contributed by atoms with Crippen molar-refractivity contribution in [1.82, 2.24) is 0 Å². The highest BCUT2D eigenvalue weighted by Crippen LogP contribution is 2.20. The molecule has 1 heterocycles. The Morgan fingerprint density at radius 3 is 2.69 bits per heavy atom. The van der Waals surface area contributed by atoms with E-state index in [4.69, 9.17) is 11.6 Å². The Balaban J connectivity index is 1.67. The van der Waals surface area contributed by atoms with Crippen LogP contribution in [-0.2, 0) is 11.2 Å². The minimum Gasteiger partial charge on any atom is -0.299 e. The Labute approximate surface area is 161 Å². The Morgan fingerprint density at radius 2 is 1.92 bits per heavy atom. The quantitative estimate of drug-likeness (QED) is 0.684. The molecule has 1 aliphatic rings. The zero-order valence-corrected chi connectivity index (χ0v) is 15.8. The summed E-state index contributed by atoms with van der Waals surface area (Å²) in [7, 11) is 0. The lowest BCUT2D eigenvalue weighted by Gasteiger charge is -2.06. The standard InChI is InChI=1S/C20H17ClN2O2S/c1-13(24)12-26-20-11-18(22-23-20)15-5-3-6-16(10-15)19(25)9-14-4-2-7-17(21)8-14/h2-8,10H,9,11-12H2,1H3. The molecule has 0 N–H and O–H groups in total. The van der Waals surface area contributed by atoms with Crippen LogP contribution in [0.3, 0.4) is 0 Å². The summed E-state index contributed by atoms with van der Waals surface area (Å²) in [5, 5.41) is 9.79. The van der Waals surface area contributed by atoms with Crippen molar-refractivity contribution in [2.24, 2.45) is 10.2 Å². The van der Waals surface area contributed by atoms with Crippen LogP contribution in [0.15, 0.2) is 58.7 Å². The zero-order valence-electron chi connectivity index (χ0n) is 14.2. The molecule has 0 bridgehead atoms. The first-order valence-electron chi connectivity index (χ1n) is 8.15. The maximum Gasteiger partial charge on any atom is 0.167 e. The van der Waals surface area contributed by atoms with Crippen LogP contribution in [0, 0.1) is 0 Å². The fourth-order valence-electron chi connectivity index (χ4n) is 2.56. The van der Waals surface area contributed by atoms with Crippen LogP contribution in [0.5, 0.6) is 0 Å². The van der Waals surface area contributed by atoms with E-state index in [0.717, 1.165) is 21.9 Å². The van der Waals surface area contributed by atoms with Gasteiger partial charge in [-0.15, -0.1) is 16.9 Å². The van der Waals surface area contributed by atoms with Gasteiger partial charge < -0.3 is 0 Å². The third kappa shape index (κ3) is 4.90. The minimum absolute atomic E-state index is 0.0276. The number of hydrogen-bond acceptors (Lipinski definition) is 5. The highest BCUT2D eigenvalue weighted by Gasteiger charge is 2.17. The summed E-state index contributed by atoms with van der Waals surface area (Å²) in [4.78, 5) is 23.7. The van der Waals surface area contributed by atoms with Gasteiger partial charge in [-0.05, 0) is 36.2 Å². The van der Waals surface area contributed by atoms with E-state index in [2.05, 4.69) is 10.2 Å². The first-order chi connectivity index (χ1) is 12.5. The van der Waals surface area contributed by atoms with Gasteiger partial charge in [0.2, 0.25) is 0 Å². The van der Waals surface area contributed by atoms with E-state index in [1.54, 1.807) is 25.1 Å². The molecule has 1 aliphatic heterocycles. The molecular formula is C20H17ClN2O2S. The van der Waals surface area contributed by atoms with Crippen molar-refractivity contribution < 1.29 is 9.59 Å². The summed E-state index contributed by atoms with van der Waals surface area (Å²) in [6, 6.07) is 14.7. The second-order valence-electron chi connectivity index (χ2n) is 6.02. The van der Waals surface area contributed by atoms with Crippen molar-refractivity contribution in [2.45, 2.75) is 19.8 Å². The van der Waals surface area contributed by atoms with Crippen LogP contribution in [0.1, 0.15) is 34.8 Å². The first-order valence-corrected chi connectivity index (χ1v) is 9.51. The maximum atomic E-state index is 12.6. The van der Waals surface area contributed by atoms with Gasteiger partial charge in [-0.25, -0.2) is 0 Å². The van der Waals surface area contributed by atoms with Gasteiger partial charge in [-0.1, -0.05) is 41.9 Å². The number of rotatable bonds is 6. The lowest BCUT2D eigenvalue weighted by molar-refractivity contribution is -0.114. The van der Waals surface area contributed by atoms with Crippen molar-refractivity contribution >= 4 is 45.7 Å². The lowest BCUT2D eigenvalue weighted by Crippen LogP contribution is -2.07. The van der Waals surface area contributed by atoms with E-state index in [1.807, 2.05) is 30.3 Å². The summed E-state index contributed by atoms with van der Waals surface area (Å²) >= 11 is 7.39. The van der Waals surface area contributed by atoms with Gasteiger partial charge in [0.1, 0.15) is 10.8 Å². The van der Waals surface area contributed by atoms with Crippen molar-refractivity contribution in [2.75, 3.05) is 5.75 Å². The van der Waals surface area contributed by atoms with Crippen LogP contribution in [-0.4, -0.2) is 28.1 Å². The molecule has 0 atom stereocenters. The predicted molar refractivity (Wildman–Crippen MR) is 108 cm³/mol. The Hall–Kier alpha value is -2.24. The molecular weight excluding hydrogens is 368 g/mol. The number of halogens is 1. The number of Topliss-reactive ketones (excluding diaryl/α,β-unsaturated/α-hetero) is 2. The van der Waals surface area contributed by atoms with Gasteiger partial charge >= 0.3 is 0 Å². The predicted octanol–water partition coefficient (Wildman–Crippen LogP) is 4.59. The number of ketones is 2. The van der Waals surface area contributed by atoms with Crippen LogP contribution in [0.25, 0.3) is 0 Å².